The number of carboxylic acids is 1. The number of urea groups is 1. The summed E-state index contributed by atoms with van der Waals surface area (Å²) in [5.74, 6) is -1.03. The first-order chi connectivity index (χ1) is 9.12. The fourth-order valence-electron chi connectivity index (χ4n) is 1.95. The molecule has 0 aromatic carbocycles. The second kappa shape index (κ2) is 5.75. The number of ether oxygens (including phenoxy) is 1. The van der Waals surface area contributed by atoms with E-state index in [2.05, 4.69) is 10.6 Å². The number of carbonyl (C=O) groups excluding carboxylic acids is 1. The van der Waals surface area contributed by atoms with Crippen LogP contribution in [-0.2, 0) is 16.1 Å². The first-order valence-corrected chi connectivity index (χ1v) is 6.01. The minimum Gasteiger partial charge on any atom is -0.480 e. The highest BCUT2D eigenvalue weighted by Crippen LogP contribution is 2.20. The Morgan fingerprint density at radius 3 is 2.68 bits per heavy atom. The van der Waals surface area contributed by atoms with Crippen LogP contribution in [0.5, 0.6) is 0 Å². The first-order valence-electron chi connectivity index (χ1n) is 6.01. The van der Waals surface area contributed by atoms with Crippen molar-refractivity contribution in [2.45, 2.75) is 24.9 Å². The first kappa shape index (κ1) is 13.4. The average Bonchev–Trinajstić information content (AvgIpc) is 2.90. The van der Waals surface area contributed by atoms with Gasteiger partial charge in [-0.1, -0.05) is 0 Å². The lowest BCUT2D eigenvalue weighted by Crippen LogP contribution is -2.59. The third kappa shape index (κ3) is 3.25. The third-order valence-electron chi connectivity index (χ3n) is 3.14. The summed E-state index contributed by atoms with van der Waals surface area (Å²) in [7, 11) is 0. The van der Waals surface area contributed by atoms with Crippen molar-refractivity contribution in [3.8, 4) is 0 Å². The standard InChI is InChI=1S/C12H16N2O5/c15-10(16)12(2-5-18-6-3-12)14-11(17)13-7-9-1-4-19-8-9/h1,4,8H,2-3,5-7H2,(H,15,16)(H2,13,14,17). The van der Waals surface area contributed by atoms with Crippen LogP contribution in [0.1, 0.15) is 18.4 Å². The van der Waals surface area contributed by atoms with Crippen molar-refractivity contribution in [1.29, 1.82) is 0 Å². The number of carboxylic acid groups (broad SMARTS) is 1. The minimum absolute atomic E-state index is 0.265. The Labute approximate surface area is 109 Å². The van der Waals surface area contributed by atoms with Gasteiger partial charge in [0.1, 0.15) is 5.54 Å². The molecule has 1 aromatic rings. The molecule has 7 nitrogen and oxygen atoms in total. The Morgan fingerprint density at radius 2 is 2.11 bits per heavy atom. The maximum atomic E-state index is 11.8. The Morgan fingerprint density at radius 1 is 1.37 bits per heavy atom. The fraction of sp³-hybridized carbons (Fsp3) is 0.500. The van der Waals surface area contributed by atoms with E-state index in [0.29, 0.717) is 13.2 Å². The molecular weight excluding hydrogens is 252 g/mol. The molecule has 0 unspecified atom stereocenters. The van der Waals surface area contributed by atoms with E-state index in [-0.39, 0.29) is 19.4 Å². The number of hydrogen-bond acceptors (Lipinski definition) is 4. The summed E-state index contributed by atoms with van der Waals surface area (Å²) >= 11 is 0. The Kier molecular flexibility index (Phi) is 4.06. The molecule has 0 aliphatic carbocycles. The van der Waals surface area contributed by atoms with E-state index in [1.54, 1.807) is 6.07 Å². The van der Waals surface area contributed by atoms with Crippen LogP contribution < -0.4 is 10.6 Å². The van der Waals surface area contributed by atoms with Gasteiger partial charge in [0.05, 0.1) is 12.5 Å². The molecule has 2 amide bonds. The number of nitrogens with one attached hydrogen (secondary N) is 2. The van der Waals surface area contributed by atoms with E-state index < -0.39 is 17.5 Å². The van der Waals surface area contributed by atoms with Crippen LogP contribution in [0.15, 0.2) is 23.0 Å². The van der Waals surface area contributed by atoms with Crippen molar-refractivity contribution in [2.24, 2.45) is 0 Å². The Hall–Kier alpha value is -2.02. The van der Waals surface area contributed by atoms with Crippen molar-refractivity contribution in [3.63, 3.8) is 0 Å². The van der Waals surface area contributed by atoms with Crippen LogP contribution in [0.2, 0.25) is 0 Å². The summed E-state index contributed by atoms with van der Waals surface area (Å²) in [6.45, 7) is 0.942. The number of furan rings is 1. The molecule has 7 heteroatoms. The van der Waals surface area contributed by atoms with Gasteiger partial charge in [-0.15, -0.1) is 0 Å². The molecule has 0 atom stereocenters. The Balaban J connectivity index is 1.90. The van der Waals surface area contributed by atoms with Gasteiger partial charge in [-0.05, 0) is 6.07 Å². The summed E-state index contributed by atoms with van der Waals surface area (Å²) in [5.41, 5.74) is -0.426. The molecule has 2 heterocycles. The second-order valence-electron chi connectivity index (χ2n) is 4.44. The van der Waals surface area contributed by atoms with Gasteiger partial charge >= 0.3 is 12.0 Å². The van der Waals surface area contributed by atoms with Crippen LogP contribution >= 0.6 is 0 Å². The Bertz CT molecular complexity index is 437. The lowest BCUT2D eigenvalue weighted by Gasteiger charge is -2.33. The lowest BCUT2D eigenvalue weighted by molar-refractivity contribution is -0.148. The van der Waals surface area contributed by atoms with E-state index in [4.69, 9.17) is 9.15 Å². The maximum absolute atomic E-state index is 11.8. The van der Waals surface area contributed by atoms with Gasteiger partial charge in [0.15, 0.2) is 0 Å². The lowest BCUT2D eigenvalue weighted by atomic mass is 9.90. The predicted octanol–water partition coefficient (Wildman–Crippen LogP) is 0.713. The summed E-state index contributed by atoms with van der Waals surface area (Å²) in [6.07, 6.45) is 3.55. The van der Waals surface area contributed by atoms with Gasteiger partial charge < -0.3 is 24.9 Å². The summed E-state index contributed by atoms with van der Waals surface area (Å²) in [5, 5.41) is 14.4. The van der Waals surface area contributed by atoms with E-state index >= 15 is 0 Å². The van der Waals surface area contributed by atoms with Gasteiger partial charge in [0.2, 0.25) is 0 Å². The van der Waals surface area contributed by atoms with E-state index in [9.17, 15) is 14.7 Å². The van der Waals surface area contributed by atoms with E-state index in [0.717, 1.165) is 5.56 Å². The van der Waals surface area contributed by atoms with E-state index in [1.807, 2.05) is 0 Å². The van der Waals surface area contributed by atoms with Crippen LogP contribution in [-0.4, -0.2) is 35.9 Å². The molecule has 0 radical (unpaired) electrons. The quantitative estimate of drug-likeness (QED) is 0.746. The van der Waals surface area contributed by atoms with Crippen molar-refractivity contribution in [2.75, 3.05) is 13.2 Å². The molecule has 1 saturated heterocycles. The maximum Gasteiger partial charge on any atom is 0.329 e. The SMILES string of the molecule is O=C(NCc1ccoc1)NC1(C(=O)O)CCOCC1. The van der Waals surface area contributed by atoms with E-state index in [1.165, 1.54) is 12.5 Å². The molecule has 0 bridgehead atoms. The summed E-state index contributed by atoms with van der Waals surface area (Å²) < 4.78 is 10.0. The normalized spacial score (nSPS) is 17.7. The predicted molar refractivity (Wildman–Crippen MR) is 64.5 cm³/mol. The van der Waals surface area contributed by atoms with Gasteiger partial charge in [-0.3, -0.25) is 0 Å². The zero-order valence-corrected chi connectivity index (χ0v) is 10.3. The van der Waals surface area contributed by atoms with Crippen molar-refractivity contribution >= 4 is 12.0 Å². The van der Waals surface area contributed by atoms with Gasteiger partial charge in [-0.2, -0.15) is 0 Å². The van der Waals surface area contributed by atoms with Crippen molar-refractivity contribution in [3.05, 3.63) is 24.2 Å². The zero-order chi connectivity index (χ0) is 13.7. The van der Waals surface area contributed by atoms with Gasteiger partial charge in [0.25, 0.3) is 0 Å². The number of amides is 2. The van der Waals surface area contributed by atoms with Crippen LogP contribution in [0.25, 0.3) is 0 Å². The summed E-state index contributed by atoms with van der Waals surface area (Å²) in [6, 6.07) is 1.22. The molecular formula is C12H16N2O5. The van der Waals surface area contributed by atoms with Crippen molar-refractivity contribution in [1.82, 2.24) is 10.6 Å². The molecule has 104 valence electrons. The molecule has 19 heavy (non-hydrogen) atoms. The molecule has 0 spiro atoms. The molecule has 0 saturated carbocycles. The molecule has 3 N–H and O–H groups in total. The smallest absolute Gasteiger partial charge is 0.329 e. The molecule has 2 rings (SSSR count). The van der Waals surface area contributed by atoms with Gasteiger partial charge in [0, 0.05) is 38.2 Å². The zero-order valence-electron chi connectivity index (χ0n) is 10.3. The number of carbonyl (C=O) groups is 2. The van der Waals surface area contributed by atoms with Crippen molar-refractivity contribution < 1.29 is 23.8 Å². The topological polar surface area (TPSA) is 101 Å². The minimum atomic E-state index is -1.24. The molecule has 1 aliphatic rings. The highest BCUT2D eigenvalue weighted by Gasteiger charge is 2.41. The average molecular weight is 268 g/mol. The third-order valence-corrected chi connectivity index (χ3v) is 3.14. The van der Waals surface area contributed by atoms with Crippen LogP contribution in [0.4, 0.5) is 4.79 Å². The van der Waals surface area contributed by atoms with Gasteiger partial charge in [-0.25, -0.2) is 9.59 Å². The molecule has 1 aromatic heterocycles. The van der Waals surface area contributed by atoms with Crippen LogP contribution in [0, 0.1) is 0 Å². The largest absolute Gasteiger partial charge is 0.480 e. The number of aliphatic carboxylic acids is 1. The monoisotopic (exact) mass is 268 g/mol. The fourth-order valence-corrected chi connectivity index (χ4v) is 1.95. The van der Waals surface area contributed by atoms with Crippen LogP contribution in [0.3, 0.4) is 0 Å². The summed E-state index contributed by atoms with van der Waals surface area (Å²) in [4.78, 5) is 23.1. The number of hydrogen-bond donors (Lipinski definition) is 3. The second-order valence-corrected chi connectivity index (χ2v) is 4.44. The number of rotatable bonds is 4. The highest BCUT2D eigenvalue weighted by molar-refractivity contribution is 5.86. The molecule has 1 fully saturated rings. The molecule has 1 aliphatic heterocycles. The highest BCUT2D eigenvalue weighted by atomic mass is 16.5.